The summed E-state index contributed by atoms with van der Waals surface area (Å²) in [6.07, 6.45) is 5.28. The Labute approximate surface area is 187 Å². The zero-order chi connectivity index (χ0) is 22.2. The number of H-pyrrole nitrogens is 1. The van der Waals surface area contributed by atoms with E-state index in [2.05, 4.69) is 33.6 Å². The molecule has 0 radical (unpaired) electrons. The van der Waals surface area contributed by atoms with Crippen molar-refractivity contribution >= 4 is 16.9 Å². The van der Waals surface area contributed by atoms with Gasteiger partial charge in [-0.1, -0.05) is 13.8 Å². The minimum absolute atomic E-state index is 0.112. The van der Waals surface area contributed by atoms with Gasteiger partial charge in [0.25, 0.3) is 5.56 Å². The highest BCUT2D eigenvalue weighted by atomic mass is 16.5. The molecule has 0 aliphatic carbocycles. The normalized spacial score (nSPS) is 16.7. The number of methoxy groups -OCH3 is 1. The molecular formula is C24H30N6O2. The van der Waals surface area contributed by atoms with E-state index in [1.54, 1.807) is 7.11 Å². The minimum Gasteiger partial charge on any atom is -0.497 e. The predicted octanol–water partition coefficient (Wildman–Crippen LogP) is 3.00. The van der Waals surface area contributed by atoms with Crippen LogP contribution in [0.15, 0.2) is 23.1 Å². The molecule has 8 nitrogen and oxygen atoms in total. The van der Waals surface area contributed by atoms with Crippen LogP contribution < -0.4 is 15.2 Å². The van der Waals surface area contributed by atoms with Gasteiger partial charge in [-0.05, 0) is 43.5 Å². The number of hydrogen-bond donors (Lipinski definition) is 1. The van der Waals surface area contributed by atoms with Gasteiger partial charge in [0.2, 0.25) is 5.95 Å². The molecule has 2 aromatic heterocycles. The van der Waals surface area contributed by atoms with Crippen molar-refractivity contribution in [1.29, 1.82) is 0 Å². The molecule has 2 aliphatic rings. The molecule has 0 bridgehead atoms. The van der Waals surface area contributed by atoms with E-state index in [1.807, 2.05) is 18.3 Å². The predicted molar refractivity (Wildman–Crippen MR) is 124 cm³/mol. The topological polar surface area (TPSA) is 87.2 Å². The lowest BCUT2D eigenvalue weighted by atomic mass is 9.98. The van der Waals surface area contributed by atoms with E-state index in [9.17, 15) is 4.79 Å². The number of hydrogen-bond acceptors (Lipinski definition) is 7. The number of aromatic amines is 1. The third-order valence-electron chi connectivity index (χ3n) is 6.51. The second-order valence-corrected chi connectivity index (χ2v) is 9.07. The van der Waals surface area contributed by atoms with E-state index in [4.69, 9.17) is 14.7 Å². The largest absolute Gasteiger partial charge is 0.497 e. The fraction of sp³-hybridized carbons (Fsp3) is 0.500. The Bertz CT molecular complexity index is 1200. The first-order chi connectivity index (χ1) is 15.5. The van der Waals surface area contributed by atoms with Gasteiger partial charge < -0.3 is 9.64 Å². The summed E-state index contributed by atoms with van der Waals surface area (Å²) in [5.41, 5.74) is 3.70. The van der Waals surface area contributed by atoms with Crippen LogP contribution in [-0.2, 0) is 19.5 Å². The number of likely N-dealkylation sites (tertiary alicyclic amines) is 1. The van der Waals surface area contributed by atoms with Crippen molar-refractivity contribution in [3.05, 3.63) is 51.3 Å². The highest BCUT2D eigenvalue weighted by Crippen LogP contribution is 2.29. The Morgan fingerprint density at radius 3 is 2.72 bits per heavy atom. The van der Waals surface area contributed by atoms with Gasteiger partial charge in [-0.3, -0.25) is 14.7 Å². The van der Waals surface area contributed by atoms with Crippen LogP contribution in [0.4, 0.5) is 5.95 Å². The summed E-state index contributed by atoms with van der Waals surface area (Å²) in [6, 6.07) is 3.77. The van der Waals surface area contributed by atoms with Crippen LogP contribution in [0.25, 0.3) is 10.9 Å². The van der Waals surface area contributed by atoms with Crippen molar-refractivity contribution < 1.29 is 4.74 Å². The number of anilines is 1. The zero-order valence-electron chi connectivity index (χ0n) is 19.0. The van der Waals surface area contributed by atoms with Gasteiger partial charge in [0.05, 0.1) is 30.3 Å². The Balaban J connectivity index is 1.43. The van der Waals surface area contributed by atoms with Crippen LogP contribution in [0.3, 0.4) is 0 Å². The molecule has 0 amide bonds. The summed E-state index contributed by atoms with van der Waals surface area (Å²) in [5, 5.41) is 0.636. The van der Waals surface area contributed by atoms with Gasteiger partial charge in [0.15, 0.2) is 0 Å². The molecule has 2 aliphatic heterocycles. The molecule has 32 heavy (non-hydrogen) atoms. The first kappa shape index (κ1) is 20.9. The molecule has 168 valence electrons. The van der Waals surface area contributed by atoms with Crippen LogP contribution in [0.2, 0.25) is 0 Å². The summed E-state index contributed by atoms with van der Waals surface area (Å²) in [6.45, 7) is 8.63. The third kappa shape index (κ3) is 3.95. The fourth-order valence-electron chi connectivity index (χ4n) is 4.74. The van der Waals surface area contributed by atoms with Gasteiger partial charge >= 0.3 is 0 Å². The molecule has 3 aromatic rings. The van der Waals surface area contributed by atoms with Gasteiger partial charge in [-0.15, -0.1) is 0 Å². The summed E-state index contributed by atoms with van der Waals surface area (Å²) < 4.78 is 5.46. The van der Waals surface area contributed by atoms with Crippen molar-refractivity contribution in [3.8, 4) is 5.75 Å². The van der Waals surface area contributed by atoms with E-state index >= 15 is 0 Å². The molecule has 1 fully saturated rings. The molecule has 8 heteroatoms. The number of benzene rings is 1. The summed E-state index contributed by atoms with van der Waals surface area (Å²) in [7, 11) is 1.64. The Morgan fingerprint density at radius 2 is 1.97 bits per heavy atom. The maximum atomic E-state index is 13.0. The molecule has 1 saturated heterocycles. The molecule has 0 saturated carbocycles. The lowest BCUT2D eigenvalue weighted by Gasteiger charge is -2.29. The summed E-state index contributed by atoms with van der Waals surface area (Å²) in [4.78, 5) is 34.8. The molecule has 0 unspecified atom stereocenters. The second kappa shape index (κ2) is 8.50. The molecule has 0 atom stereocenters. The SMILES string of the molecule is COc1cc(C(C)C)c2c(=O)[nH]c(N3CCc4nc(CN5CCCC5)ncc4C3)nc2c1. The van der Waals surface area contributed by atoms with Crippen molar-refractivity contribution in [1.82, 2.24) is 24.8 Å². The summed E-state index contributed by atoms with van der Waals surface area (Å²) >= 11 is 0. The molecule has 0 spiro atoms. The van der Waals surface area contributed by atoms with Crippen molar-refractivity contribution in [2.75, 3.05) is 31.6 Å². The van der Waals surface area contributed by atoms with Gasteiger partial charge in [-0.25, -0.2) is 15.0 Å². The highest BCUT2D eigenvalue weighted by Gasteiger charge is 2.23. The van der Waals surface area contributed by atoms with Crippen LogP contribution in [0.5, 0.6) is 5.75 Å². The maximum absolute atomic E-state index is 13.0. The minimum atomic E-state index is -0.112. The molecule has 4 heterocycles. The van der Waals surface area contributed by atoms with Gasteiger partial charge in [-0.2, -0.15) is 0 Å². The van der Waals surface area contributed by atoms with E-state index in [0.29, 0.717) is 29.1 Å². The number of ether oxygens (including phenoxy) is 1. The van der Waals surface area contributed by atoms with Crippen molar-refractivity contribution in [2.45, 2.75) is 52.1 Å². The second-order valence-electron chi connectivity index (χ2n) is 9.07. The number of nitrogens with zero attached hydrogens (tertiary/aromatic N) is 5. The molecule has 1 aromatic carbocycles. The van der Waals surface area contributed by atoms with E-state index in [0.717, 1.165) is 55.2 Å². The first-order valence-electron chi connectivity index (χ1n) is 11.4. The zero-order valence-corrected chi connectivity index (χ0v) is 19.0. The lowest BCUT2D eigenvalue weighted by molar-refractivity contribution is 0.321. The highest BCUT2D eigenvalue weighted by molar-refractivity contribution is 5.84. The summed E-state index contributed by atoms with van der Waals surface area (Å²) in [5.74, 6) is 2.39. The van der Waals surface area contributed by atoms with Gasteiger partial charge in [0, 0.05) is 37.3 Å². The van der Waals surface area contributed by atoms with Crippen LogP contribution in [0.1, 0.15) is 55.3 Å². The average molecular weight is 435 g/mol. The molecule has 1 N–H and O–H groups in total. The number of rotatable bonds is 5. The number of nitrogens with one attached hydrogen (secondary N) is 1. The Hall–Kier alpha value is -3.00. The molecule has 5 rings (SSSR count). The quantitative estimate of drug-likeness (QED) is 0.660. The maximum Gasteiger partial charge on any atom is 0.260 e. The van der Waals surface area contributed by atoms with Crippen LogP contribution in [0, 0.1) is 0 Å². The van der Waals surface area contributed by atoms with Crippen LogP contribution in [-0.4, -0.2) is 51.6 Å². The van der Waals surface area contributed by atoms with Gasteiger partial charge in [0.1, 0.15) is 11.6 Å². The van der Waals surface area contributed by atoms with E-state index in [-0.39, 0.29) is 11.5 Å². The smallest absolute Gasteiger partial charge is 0.260 e. The number of fused-ring (bicyclic) bond motifs is 2. The fourth-order valence-corrected chi connectivity index (χ4v) is 4.74. The average Bonchev–Trinajstić information content (AvgIpc) is 3.30. The Kier molecular flexibility index (Phi) is 5.55. The standard InChI is InChI=1S/C24H30N6O2/c1-15(2)18-10-17(32-3)11-20-22(18)23(31)28-24(27-20)30-9-6-19-16(13-30)12-25-21(26-19)14-29-7-4-5-8-29/h10-12,15H,4-9,13-14H2,1-3H3,(H,27,28,31). The van der Waals surface area contributed by atoms with Crippen molar-refractivity contribution in [3.63, 3.8) is 0 Å². The lowest BCUT2D eigenvalue weighted by Crippen LogP contribution is -2.34. The number of aromatic nitrogens is 4. The van der Waals surface area contributed by atoms with Crippen molar-refractivity contribution in [2.24, 2.45) is 0 Å². The molecular weight excluding hydrogens is 404 g/mol. The monoisotopic (exact) mass is 434 g/mol. The first-order valence-corrected chi connectivity index (χ1v) is 11.4. The van der Waals surface area contributed by atoms with E-state index < -0.39 is 0 Å². The van der Waals surface area contributed by atoms with E-state index in [1.165, 1.54) is 12.8 Å². The van der Waals surface area contributed by atoms with Crippen LogP contribution >= 0.6 is 0 Å². The third-order valence-corrected chi connectivity index (χ3v) is 6.51. The Morgan fingerprint density at radius 1 is 1.16 bits per heavy atom.